The standard InChI is InChI=1S/C13H17N3O2S/c1-3-16-9-8-12(15-16)10-14-19(17,18)13-6-4-11(2)5-7-13/h4-9,14H,3,10H2,1-2H3. The average Bonchev–Trinajstić information content (AvgIpc) is 2.85. The molecule has 0 amide bonds. The topological polar surface area (TPSA) is 64.0 Å². The number of aryl methyl sites for hydroxylation is 2. The molecule has 1 aromatic heterocycles. The molecule has 2 rings (SSSR count). The van der Waals surface area contributed by atoms with Gasteiger partial charge in [-0.15, -0.1) is 0 Å². The molecular formula is C13H17N3O2S. The third-order valence-electron chi connectivity index (χ3n) is 2.79. The summed E-state index contributed by atoms with van der Waals surface area (Å²) in [7, 11) is -3.47. The van der Waals surface area contributed by atoms with Crippen LogP contribution < -0.4 is 4.72 Å². The molecule has 19 heavy (non-hydrogen) atoms. The third-order valence-corrected chi connectivity index (χ3v) is 4.21. The van der Waals surface area contributed by atoms with E-state index < -0.39 is 10.0 Å². The van der Waals surface area contributed by atoms with Gasteiger partial charge in [0.05, 0.1) is 17.1 Å². The predicted molar refractivity (Wildman–Crippen MR) is 73.1 cm³/mol. The number of benzene rings is 1. The molecule has 6 heteroatoms. The summed E-state index contributed by atoms with van der Waals surface area (Å²) in [6, 6.07) is 8.56. The molecule has 102 valence electrons. The highest BCUT2D eigenvalue weighted by molar-refractivity contribution is 7.89. The van der Waals surface area contributed by atoms with Crippen molar-refractivity contribution in [3.05, 3.63) is 47.8 Å². The Bertz CT molecular complexity index is 645. The maximum absolute atomic E-state index is 12.0. The highest BCUT2D eigenvalue weighted by Crippen LogP contribution is 2.10. The maximum Gasteiger partial charge on any atom is 0.240 e. The fraction of sp³-hybridized carbons (Fsp3) is 0.308. The van der Waals surface area contributed by atoms with E-state index in [2.05, 4.69) is 9.82 Å². The molecular weight excluding hydrogens is 262 g/mol. The first-order chi connectivity index (χ1) is 9.01. The van der Waals surface area contributed by atoms with Crippen molar-refractivity contribution in [3.63, 3.8) is 0 Å². The van der Waals surface area contributed by atoms with Crippen LogP contribution in [0.2, 0.25) is 0 Å². The van der Waals surface area contributed by atoms with Crippen LogP contribution in [0.5, 0.6) is 0 Å². The van der Waals surface area contributed by atoms with Crippen molar-refractivity contribution in [3.8, 4) is 0 Å². The number of aromatic nitrogens is 2. The van der Waals surface area contributed by atoms with Gasteiger partial charge in [-0.1, -0.05) is 17.7 Å². The Labute approximate surface area is 113 Å². The largest absolute Gasteiger partial charge is 0.273 e. The van der Waals surface area contributed by atoms with Crippen LogP contribution in [-0.2, 0) is 23.1 Å². The summed E-state index contributed by atoms with van der Waals surface area (Å²) in [4.78, 5) is 0.271. The predicted octanol–water partition coefficient (Wildman–Crippen LogP) is 1.69. The lowest BCUT2D eigenvalue weighted by molar-refractivity contribution is 0.578. The number of nitrogens with one attached hydrogen (secondary N) is 1. The van der Waals surface area contributed by atoms with E-state index in [0.29, 0.717) is 5.69 Å². The van der Waals surface area contributed by atoms with Gasteiger partial charge in [-0.2, -0.15) is 5.10 Å². The van der Waals surface area contributed by atoms with Gasteiger partial charge in [0.1, 0.15) is 0 Å². The first-order valence-electron chi connectivity index (χ1n) is 6.10. The minimum absolute atomic E-state index is 0.198. The van der Waals surface area contributed by atoms with E-state index in [1.165, 1.54) is 0 Å². The van der Waals surface area contributed by atoms with E-state index in [-0.39, 0.29) is 11.4 Å². The molecule has 0 spiro atoms. The fourth-order valence-electron chi connectivity index (χ4n) is 1.64. The molecule has 0 radical (unpaired) electrons. The van der Waals surface area contributed by atoms with Crippen molar-refractivity contribution in [1.82, 2.24) is 14.5 Å². The molecule has 2 aromatic rings. The number of hydrogen-bond donors (Lipinski definition) is 1. The Morgan fingerprint density at radius 1 is 1.21 bits per heavy atom. The molecule has 1 aromatic carbocycles. The van der Waals surface area contributed by atoms with Crippen molar-refractivity contribution < 1.29 is 8.42 Å². The molecule has 1 heterocycles. The summed E-state index contributed by atoms with van der Waals surface area (Å²) in [6.45, 7) is 4.86. The van der Waals surface area contributed by atoms with Gasteiger partial charge >= 0.3 is 0 Å². The van der Waals surface area contributed by atoms with E-state index in [0.717, 1.165) is 12.1 Å². The summed E-state index contributed by atoms with van der Waals surface area (Å²) in [5.41, 5.74) is 1.73. The molecule has 0 aliphatic heterocycles. The monoisotopic (exact) mass is 279 g/mol. The van der Waals surface area contributed by atoms with Crippen LogP contribution in [0.3, 0.4) is 0 Å². The molecule has 0 aliphatic rings. The molecule has 0 saturated heterocycles. The van der Waals surface area contributed by atoms with Crippen molar-refractivity contribution in [2.24, 2.45) is 0 Å². The molecule has 0 aliphatic carbocycles. The summed E-state index contributed by atoms with van der Waals surface area (Å²) >= 11 is 0. The Morgan fingerprint density at radius 2 is 1.89 bits per heavy atom. The van der Waals surface area contributed by atoms with Crippen molar-refractivity contribution in [1.29, 1.82) is 0 Å². The van der Waals surface area contributed by atoms with Crippen molar-refractivity contribution in [2.45, 2.75) is 31.8 Å². The number of rotatable bonds is 5. The van der Waals surface area contributed by atoms with E-state index in [1.807, 2.05) is 20.0 Å². The molecule has 0 bridgehead atoms. The van der Waals surface area contributed by atoms with Crippen molar-refractivity contribution >= 4 is 10.0 Å². The summed E-state index contributed by atoms with van der Waals surface area (Å²) < 4.78 is 28.4. The quantitative estimate of drug-likeness (QED) is 0.906. The highest BCUT2D eigenvalue weighted by Gasteiger charge is 2.13. The van der Waals surface area contributed by atoms with Crippen LogP contribution in [0.15, 0.2) is 41.4 Å². The lowest BCUT2D eigenvalue weighted by atomic mass is 10.2. The molecule has 0 saturated carbocycles. The first-order valence-corrected chi connectivity index (χ1v) is 7.58. The smallest absolute Gasteiger partial charge is 0.240 e. The fourth-order valence-corrected chi connectivity index (χ4v) is 2.64. The van der Waals surface area contributed by atoms with Crippen molar-refractivity contribution in [2.75, 3.05) is 0 Å². The molecule has 1 N–H and O–H groups in total. The van der Waals surface area contributed by atoms with Crippen LogP contribution in [0.4, 0.5) is 0 Å². The Balaban J connectivity index is 2.07. The summed E-state index contributed by atoms with van der Waals surface area (Å²) in [5.74, 6) is 0. The van der Waals surface area contributed by atoms with Gasteiger partial charge in [-0.05, 0) is 32.0 Å². The lowest BCUT2D eigenvalue weighted by Crippen LogP contribution is -2.23. The van der Waals surface area contributed by atoms with Crippen LogP contribution in [-0.4, -0.2) is 18.2 Å². The van der Waals surface area contributed by atoms with Gasteiger partial charge < -0.3 is 0 Å². The minimum Gasteiger partial charge on any atom is -0.273 e. The average molecular weight is 279 g/mol. The van der Waals surface area contributed by atoms with E-state index in [4.69, 9.17) is 0 Å². The van der Waals surface area contributed by atoms with Crippen LogP contribution >= 0.6 is 0 Å². The van der Waals surface area contributed by atoms with E-state index in [1.54, 1.807) is 35.0 Å². The van der Waals surface area contributed by atoms with Crippen LogP contribution in [0.25, 0.3) is 0 Å². The van der Waals surface area contributed by atoms with Crippen LogP contribution in [0.1, 0.15) is 18.2 Å². The Kier molecular flexibility index (Phi) is 4.01. The first kappa shape index (κ1) is 13.8. The SMILES string of the molecule is CCn1ccc(CNS(=O)(=O)c2ccc(C)cc2)n1. The Hall–Kier alpha value is -1.66. The molecule has 0 unspecified atom stereocenters. The zero-order valence-electron chi connectivity index (χ0n) is 11.0. The second kappa shape index (κ2) is 5.54. The minimum atomic E-state index is -3.47. The summed E-state index contributed by atoms with van der Waals surface area (Å²) in [6.07, 6.45) is 1.83. The second-order valence-corrected chi connectivity index (χ2v) is 6.07. The van der Waals surface area contributed by atoms with Gasteiger partial charge in [-0.3, -0.25) is 4.68 Å². The van der Waals surface area contributed by atoms with Gasteiger partial charge in [0.25, 0.3) is 0 Å². The number of hydrogen-bond acceptors (Lipinski definition) is 3. The summed E-state index contributed by atoms with van der Waals surface area (Å²) in [5, 5.41) is 4.23. The molecule has 5 nitrogen and oxygen atoms in total. The van der Waals surface area contributed by atoms with E-state index in [9.17, 15) is 8.42 Å². The number of nitrogens with zero attached hydrogens (tertiary/aromatic N) is 2. The van der Waals surface area contributed by atoms with Gasteiger partial charge in [0.2, 0.25) is 10.0 Å². The second-order valence-electron chi connectivity index (χ2n) is 4.30. The normalized spacial score (nSPS) is 11.7. The van der Waals surface area contributed by atoms with Crippen LogP contribution in [0, 0.1) is 6.92 Å². The highest BCUT2D eigenvalue weighted by atomic mass is 32.2. The third kappa shape index (κ3) is 3.42. The van der Waals surface area contributed by atoms with Gasteiger partial charge in [0.15, 0.2) is 0 Å². The Morgan fingerprint density at radius 3 is 2.47 bits per heavy atom. The zero-order valence-corrected chi connectivity index (χ0v) is 11.8. The number of sulfonamides is 1. The lowest BCUT2D eigenvalue weighted by Gasteiger charge is -2.05. The van der Waals surface area contributed by atoms with Gasteiger partial charge in [-0.25, -0.2) is 13.1 Å². The zero-order chi connectivity index (χ0) is 13.9. The van der Waals surface area contributed by atoms with E-state index >= 15 is 0 Å². The maximum atomic E-state index is 12.0. The molecule has 0 fully saturated rings. The van der Waals surface area contributed by atoms with Gasteiger partial charge in [0, 0.05) is 12.7 Å². The molecule has 0 atom stereocenters.